The Balaban J connectivity index is 0.000000104. The van der Waals surface area contributed by atoms with Gasteiger partial charge in [-0.1, -0.05) is 425 Å². The highest BCUT2D eigenvalue weighted by molar-refractivity contribution is 6.24. The highest BCUT2D eigenvalue weighted by Gasteiger charge is 2.54. The minimum Gasteiger partial charge on any atom is -0.307 e. The van der Waals surface area contributed by atoms with Gasteiger partial charge in [-0.3, -0.25) is 9.36 Å². The van der Waals surface area contributed by atoms with Crippen LogP contribution in [0.5, 0.6) is 0 Å². The average Bonchev–Trinajstić information content (AvgIpc) is 1.51. The Morgan fingerprint density at radius 2 is 0.529 bits per heavy atom. The van der Waals surface area contributed by atoms with Crippen molar-refractivity contribution in [3.05, 3.63) is 547 Å². The number of carbonyl (C=O) groups excluding carboxylic acids is 1. The van der Waals surface area contributed by atoms with Gasteiger partial charge in [0.05, 0.1) is 32.9 Å². The SMILES string of the molecule is O=C(c1ccc2c(c1)C1(c3ccccc3-c3ccccc31)c1ccccc1-2)c1ccc2c(c1)C1(c3ccccc3-c3ccccc31)c1ccccc1-2.c1cc(-c2ccc3cc(-c4ccc5ccccc5c4)ccc3c2)cc(-c2cc3ccccc3c3ccccc23)c1.c1ccc(-c2nc(-c3ccccc3)nc(-n3c4ccccc4c4ccc5c6ccccc6n(-c6ccccc6)c5c43)n2)cc1. The molecule has 0 saturated heterocycles. The van der Waals surface area contributed by atoms with E-state index in [2.05, 4.69) is 428 Å². The first kappa shape index (κ1) is 78.0. The van der Waals surface area contributed by atoms with Crippen LogP contribution in [0.25, 0.3) is 199 Å². The number of hydrogen-bond donors (Lipinski definition) is 0. The van der Waals surface area contributed by atoms with E-state index in [0.29, 0.717) is 28.7 Å². The molecule has 6 nitrogen and oxygen atoms in total. The summed E-state index contributed by atoms with van der Waals surface area (Å²) in [5.41, 5.74) is 35.3. The molecule has 0 N–H and O–H groups in total. The molecule has 29 rings (SSSR count). The Kier molecular flexibility index (Phi) is 17.9. The van der Waals surface area contributed by atoms with Crippen LogP contribution in [-0.2, 0) is 10.8 Å². The Labute approximate surface area is 786 Å². The second-order valence-corrected chi connectivity index (χ2v) is 36.1. The molecule has 4 aliphatic carbocycles. The number of rotatable bonds is 9. The number of hydrogen-bond acceptors (Lipinski definition) is 4. The van der Waals surface area contributed by atoms with Crippen molar-refractivity contribution in [1.29, 1.82) is 0 Å². The van der Waals surface area contributed by atoms with Crippen molar-refractivity contribution in [2.45, 2.75) is 10.8 Å². The summed E-state index contributed by atoms with van der Waals surface area (Å²) in [7, 11) is 0. The van der Waals surface area contributed by atoms with Gasteiger partial charge in [0.15, 0.2) is 17.4 Å². The summed E-state index contributed by atoms with van der Waals surface area (Å²) in [6.07, 6.45) is 0. The third kappa shape index (κ3) is 11.9. The van der Waals surface area contributed by atoms with E-state index in [1.165, 1.54) is 176 Å². The van der Waals surface area contributed by atoms with E-state index < -0.39 is 10.8 Å². The first-order chi connectivity index (χ1) is 67.4. The second kappa shape index (κ2) is 31.2. The fourth-order valence-corrected chi connectivity index (χ4v) is 23.2. The molecule has 0 aliphatic heterocycles. The van der Waals surface area contributed by atoms with Gasteiger partial charge in [0.2, 0.25) is 5.95 Å². The summed E-state index contributed by atoms with van der Waals surface area (Å²) in [6, 6.07) is 176. The van der Waals surface area contributed by atoms with Crippen molar-refractivity contribution in [2.24, 2.45) is 0 Å². The van der Waals surface area contributed by atoms with E-state index in [4.69, 9.17) is 15.0 Å². The Bertz CT molecular complexity index is 8900. The molecule has 0 saturated carbocycles. The number of carbonyl (C=O) groups is 1. The van der Waals surface area contributed by atoms with Crippen LogP contribution in [0.4, 0.5) is 0 Å². The summed E-state index contributed by atoms with van der Waals surface area (Å²) in [6.45, 7) is 0. The van der Waals surface area contributed by atoms with Gasteiger partial charge in [0.1, 0.15) is 0 Å². The van der Waals surface area contributed by atoms with Gasteiger partial charge in [-0.2, -0.15) is 9.97 Å². The largest absolute Gasteiger partial charge is 0.307 e. The Morgan fingerprint density at radius 3 is 1.01 bits per heavy atom. The number of nitrogens with zero attached hydrogens (tertiary/aromatic N) is 5. The predicted molar refractivity (Wildman–Crippen MR) is 561 cm³/mol. The molecule has 4 aliphatic rings. The molecular formula is C130H81N5O. The smallest absolute Gasteiger partial charge is 0.238 e. The number of fused-ring (bicyclic) bond motifs is 32. The minimum atomic E-state index is -0.490. The van der Waals surface area contributed by atoms with Crippen molar-refractivity contribution in [3.8, 4) is 112 Å². The van der Waals surface area contributed by atoms with E-state index in [1.54, 1.807) is 0 Å². The van der Waals surface area contributed by atoms with Crippen molar-refractivity contribution in [2.75, 3.05) is 0 Å². The molecule has 6 heteroatoms. The second-order valence-electron chi connectivity index (χ2n) is 36.1. The van der Waals surface area contributed by atoms with E-state index in [0.717, 1.165) is 49.7 Å². The third-order valence-corrected chi connectivity index (χ3v) is 29.1. The summed E-state index contributed by atoms with van der Waals surface area (Å²) < 4.78 is 4.60. The van der Waals surface area contributed by atoms with Crippen LogP contribution in [0.15, 0.2) is 491 Å². The molecule has 0 radical (unpaired) electrons. The molecule has 632 valence electrons. The zero-order valence-corrected chi connectivity index (χ0v) is 73.9. The maximum absolute atomic E-state index is 15.0. The summed E-state index contributed by atoms with van der Waals surface area (Å²) in [4.78, 5) is 30.3. The highest BCUT2D eigenvalue weighted by atomic mass is 16.1. The van der Waals surface area contributed by atoms with Crippen molar-refractivity contribution in [1.82, 2.24) is 24.1 Å². The van der Waals surface area contributed by atoms with E-state index in [1.807, 2.05) is 72.8 Å². The van der Waals surface area contributed by atoms with E-state index >= 15 is 0 Å². The average molecular weight is 1730 g/mol. The number of para-hydroxylation sites is 3. The third-order valence-electron chi connectivity index (χ3n) is 29.1. The molecule has 25 aromatic rings. The maximum Gasteiger partial charge on any atom is 0.238 e. The van der Waals surface area contributed by atoms with Crippen LogP contribution in [0.2, 0.25) is 0 Å². The lowest BCUT2D eigenvalue weighted by atomic mass is 9.70. The minimum absolute atomic E-state index is 0.0435. The highest BCUT2D eigenvalue weighted by Crippen LogP contribution is 2.65. The molecule has 0 unspecified atom stereocenters. The zero-order chi connectivity index (χ0) is 89.7. The lowest BCUT2D eigenvalue weighted by Crippen LogP contribution is -2.26. The van der Waals surface area contributed by atoms with Crippen LogP contribution >= 0.6 is 0 Å². The van der Waals surface area contributed by atoms with Gasteiger partial charge in [0.25, 0.3) is 0 Å². The van der Waals surface area contributed by atoms with E-state index in [-0.39, 0.29) is 5.78 Å². The topological polar surface area (TPSA) is 65.6 Å². The maximum atomic E-state index is 15.0. The van der Waals surface area contributed by atoms with Crippen molar-refractivity contribution in [3.63, 3.8) is 0 Å². The molecular weight excluding hydrogens is 1650 g/mol. The molecule has 0 amide bonds. The lowest BCUT2D eigenvalue weighted by molar-refractivity contribution is 0.103. The molecule has 0 atom stereocenters. The molecule has 136 heavy (non-hydrogen) atoms. The normalized spacial score (nSPS) is 12.9. The van der Waals surface area contributed by atoms with Crippen LogP contribution in [0.1, 0.15) is 60.4 Å². The zero-order valence-electron chi connectivity index (χ0n) is 73.9. The van der Waals surface area contributed by atoms with Crippen molar-refractivity contribution < 1.29 is 4.79 Å². The first-order valence-electron chi connectivity index (χ1n) is 46.7. The summed E-state index contributed by atoms with van der Waals surface area (Å²) >= 11 is 0. The molecule has 2 spiro atoms. The van der Waals surface area contributed by atoms with Gasteiger partial charge in [0, 0.05) is 49.5 Å². The van der Waals surface area contributed by atoms with Gasteiger partial charge >= 0.3 is 0 Å². The summed E-state index contributed by atoms with van der Waals surface area (Å²) in [5.74, 6) is 1.90. The van der Waals surface area contributed by atoms with Crippen LogP contribution < -0.4 is 0 Å². The quantitative estimate of drug-likeness (QED) is 0.107. The monoisotopic (exact) mass is 1730 g/mol. The molecule has 3 heterocycles. The number of benzene rings is 22. The van der Waals surface area contributed by atoms with Gasteiger partial charge in [-0.15, -0.1) is 0 Å². The van der Waals surface area contributed by atoms with Crippen LogP contribution in [0.3, 0.4) is 0 Å². The first-order valence-corrected chi connectivity index (χ1v) is 46.7. The van der Waals surface area contributed by atoms with Gasteiger partial charge in [-0.25, -0.2) is 4.98 Å². The number of ketones is 1. The standard InChI is InChI=1S/C51H30O.C40H26.C39H25N5/c52-49(31-25-27-39-37-17-5-11-23-45(37)50(47(39)29-31)41-19-7-1-13-33(41)34-14-2-8-20-42(34)50)32-26-28-40-38-18-6-12-24-46(38)51(48(40)30-32)43-21-9-3-15-35(43)36-16-4-10-22-44(36)51;1-2-9-28-22-31(17-16-27(28)8-1)33-21-20-32-23-30(18-19-34(32)24-33)29-11-7-12-35(25-29)40-26-36-10-3-4-13-37(36)38-14-5-6-15-39(38)40;1-4-14-26(15-5-1)37-40-38(27-16-6-2-7-17-27)42-39(41-37)44-34-23-13-11-21-30(34)32-25-24-31-29-20-10-12-22-33(29)43(35(31)36(32)44)28-18-8-3-9-19-28/h1-30H;1-26H;1-25H. The Hall–Kier alpha value is -17.8. The molecule has 0 bridgehead atoms. The van der Waals surface area contributed by atoms with Crippen LogP contribution in [-0.4, -0.2) is 29.9 Å². The number of aromatic nitrogens is 5. The summed E-state index contributed by atoms with van der Waals surface area (Å²) in [5, 5.41) is 14.9. The lowest BCUT2D eigenvalue weighted by Gasteiger charge is -2.31. The van der Waals surface area contributed by atoms with Gasteiger partial charge in [-0.05, 0) is 232 Å². The predicted octanol–water partition coefficient (Wildman–Crippen LogP) is 32.3. The molecule has 3 aromatic heterocycles. The molecule has 22 aromatic carbocycles. The van der Waals surface area contributed by atoms with Crippen molar-refractivity contribution >= 4 is 92.5 Å². The fraction of sp³-hybridized carbons (Fsp3) is 0.0154. The van der Waals surface area contributed by atoms with E-state index in [9.17, 15) is 4.79 Å². The molecule has 0 fully saturated rings. The Morgan fingerprint density at radius 1 is 0.191 bits per heavy atom. The van der Waals surface area contributed by atoms with Crippen LogP contribution in [0, 0.1) is 0 Å². The fourth-order valence-electron chi connectivity index (χ4n) is 23.2. The van der Waals surface area contributed by atoms with Gasteiger partial charge < -0.3 is 4.57 Å².